The second-order valence-corrected chi connectivity index (χ2v) is 3.36. The first kappa shape index (κ1) is 14.5. The average molecular weight is 228 g/mol. The van der Waals surface area contributed by atoms with Crippen molar-refractivity contribution in [1.29, 1.82) is 0 Å². The fourth-order valence-corrected chi connectivity index (χ4v) is 0.988. The van der Waals surface area contributed by atoms with Crippen molar-refractivity contribution in [2.24, 2.45) is 5.73 Å². The minimum Gasteiger partial charge on any atom is -0.449 e. The van der Waals surface area contributed by atoms with Gasteiger partial charge in [0, 0.05) is 0 Å². The minimum absolute atomic E-state index is 0.189. The van der Waals surface area contributed by atoms with Crippen molar-refractivity contribution in [1.82, 2.24) is 5.32 Å². The summed E-state index contributed by atoms with van der Waals surface area (Å²) in [5.41, 5.74) is 4.84. The third-order valence-corrected chi connectivity index (χ3v) is 1.82. The molecule has 92 valence electrons. The molecule has 0 saturated carbocycles. The Kier molecular flexibility index (Phi) is 9.06. The van der Waals surface area contributed by atoms with E-state index in [0.29, 0.717) is 13.0 Å². The van der Waals surface area contributed by atoms with Crippen molar-refractivity contribution in [3.8, 4) is 0 Å². The number of carbonyl (C=O) groups is 2. The number of alkyl carbamates (subject to hydrolysis) is 1. The summed E-state index contributed by atoms with van der Waals surface area (Å²) in [5, 5.41) is 2.23. The van der Waals surface area contributed by atoms with E-state index >= 15 is 0 Å². The zero-order valence-corrected chi connectivity index (χ0v) is 9.70. The molecular formula is C11H20N2O3. The van der Waals surface area contributed by atoms with Crippen LogP contribution in [0.4, 0.5) is 4.79 Å². The molecule has 0 bridgehead atoms. The van der Waals surface area contributed by atoms with Crippen molar-refractivity contribution in [3.05, 3.63) is 12.2 Å². The SMILES string of the molecule is CCCC/C=C\CCOC(=O)NCC(N)=O. The van der Waals surface area contributed by atoms with Crippen LogP contribution in [0.15, 0.2) is 12.2 Å². The fraction of sp³-hybridized carbons (Fsp3) is 0.636. The Bertz CT molecular complexity index is 239. The Morgan fingerprint density at radius 1 is 1.31 bits per heavy atom. The number of unbranched alkanes of at least 4 members (excludes halogenated alkanes) is 2. The molecule has 0 aromatic rings. The van der Waals surface area contributed by atoms with Gasteiger partial charge < -0.3 is 15.8 Å². The van der Waals surface area contributed by atoms with Gasteiger partial charge >= 0.3 is 6.09 Å². The molecule has 0 unspecified atom stereocenters. The predicted octanol–water partition coefficient (Wildman–Crippen LogP) is 1.33. The molecule has 0 heterocycles. The quantitative estimate of drug-likeness (QED) is 0.486. The van der Waals surface area contributed by atoms with Crippen molar-refractivity contribution in [2.45, 2.75) is 32.6 Å². The van der Waals surface area contributed by atoms with E-state index in [-0.39, 0.29) is 6.54 Å². The van der Waals surface area contributed by atoms with Crippen LogP contribution in [0.1, 0.15) is 32.6 Å². The summed E-state index contributed by atoms with van der Waals surface area (Å²) in [7, 11) is 0. The maximum absolute atomic E-state index is 10.9. The van der Waals surface area contributed by atoms with Gasteiger partial charge in [-0.25, -0.2) is 4.79 Å². The molecule has 5 heteroatoms. The van der Waals surface area contributed by atoms with Gasteiger partial charge in [0.25, 0.3) is 0 Å². The second-order valence-electron chi connectivity index (χ2n) is 3.36. The number of nitrogens with two attached hydrogens (primary N) is 1. The highest BCUT2D eigenvalue weighted by Gasteiger charge is 2.01. The largest absolute Gasteiger partial charge is 0.449 e. The molecule has 5 nitrogen and oxygen atoms in total. The minimum atomic E-state index is -0.610. The third-order valence-electron chi connectivity index (χ3n) is 1.82. The van der Waals surface area contributed by atoms with Gasteiger partial charge in [0.15, 0.2) is 0 Å². The van der Waals surface area contributed by atoms with Gasteiger partial charge in [0.05, 0.1) is 13.2 Å². The van der Waals surface area contributed by atoms with E-state index < -0.39 is 12.0 Å². The number of hydrogen-bond donors (Lipinski definition) is 2. The van der Waals surface area contributed by atoms with Crippen molar-refractivity contribution >= 4 is 12.0 Å². The van der Waals surface area contributed by atoms with E-state index in [1.807, 2.05) is 6.08 Å². The molecule has 0 atom stereocenters. The smallest absolute Gasteiger partial charge is 0.407 e. The standard InChI is InChI=1S/C11H20N2O3/c1-2-3-4-5-6-7-8-16-11(15)13-9-10(12)14/h5-6H,2-4,7-9H2,1H3,(H2,12,14)(H,13,15)/b6-5-. The highest BCUT2D eigenvalue weighted by molar-refractivity contribution is 5.80. The molecule has 16 heavy (non-hydrogen) atoms. The summed E-state index contributed by atoms with van der Waals surface area (Å²) < 4.78 is 4.79. The van der Waals surface area contributed by atoms with E-state index in [9.17, 15) is 9.59 Å². The third kappa shape index (κ3) is 10.6. The predicted molar refractivity (Wildman–Crippen MR) is 61.8 cm³/mol. The van der Waals surface area contributed by atoms with Crippen LogP contribution in [-0.2, 0) is 9.53 Å². The van der Waals surface area contributed by atoms with Crippen LogP contribution in [0.5, 0.6) is 0 Å². The molecule has 0 spiro atoms. The van der Waals surface area contributed by atoms with Crippen LogP contribution in [-0.4, -0.2) is 25.2 Å². The summed E-state index contributed by atoms with van der Waals surface area (Å²) in [5.74, 6) is -0.587. The van der Waals surface area contributed by atoms with E-state index in [4.69, 9.17) is 10.5 Å². The molecule has 0 aromatic carbocycles. The van der Waals surface area contributed by atoms with Crippen molar-refractivity contribution < 1.29 is 14.3 Å². The molecule has 0 radical (unpaired) electrons. The van der Waals surface area contributed by atoms with Gasteiger partial charge in [-0.15, -0.1) is 0 Å². The second kappa shape index (κ2) is 10.0. The van der Waals surface area contributed by atoms with Crippen LogP contribution in [0.25, 0.3) is 0 Å². The van der Waals surface area contributed by atoms with E-state index in [2.05, 4.69) is 18.3 Å². The number of carbonyl (C=O) groups excluding carboxylic acids is 2. The lowest BCUT2D eigenvalue weighted by Gasteiger charge is -2.03. The van der Waals surface area contributed by atoms with Gasteiger partial charge in [-0.1, -0.05) is 31.9 Å². The first-order chi connectivity index (χ1) is 7.66. The topological polar surface area (TPSA) is 81.4 Å². The zero-order valence-electron chi connectivity index (χ0n) is 9.70. The van der Waals surface area contributed by atoms with E-state index in [1.165, 1.54) is 12.8 Å². The Morgan fingerprint density at radius 3 is 2.62 bits per heavy atom. The lowest BCUT2D eigenvalue weighted by Crippen LogP contribution is -2.33. The molecule has 0 aliphatic heterocycles. The molecular weight excluding hydrogens is 208 g/mol. The Morgan fingerprint density at radius 2 is 2.00 bits per heavy atom. The summed E-state index contributed by atoms with van der Waals surface area (Å²) in [6, 6.07) is 0. The van der Waals surface area contributed by atoms with E-state index in [1.54, 1.807) is 0 Å². The van der Waals surface area contributed by atoms with Gasteiger partial charge in [0.1, 0.15) is 0 Å². The lowest BCUT2D eigenvalue weighted by molar-refractivity contribution is -0.117. The van der Waals surface area contributed by atoms with Gasteiger partial charge in [-0.05, 0) is 12.8 Å². The number of ether oxygens (including phenoxy) is 1. The molecule has 0 saturated heterocycles. The van der Waals surface area contributed by atoms with Crippen molar-refractivity contribution in [3.63, 3.8) is 0 Å². The van der Waals surface area contributed by atoms with Gasteiger partial charge in [-0.3, -0.25) is 4.79 Å². The van der Waals surface area contributed by atoms with Crippen LogP contribution in [0.2, 0.25) is 0 Å². The molecule has 0 aliphatic rings. The monoisotopic (exact) mass is 228 g/mol. The van der Waals surface area contributed by atoms with Crippen LogP contribution < -0.4 is 11.1 Å². The number of hydrogen-bond acceptors (Lipinski definition) is 3. The van der Waals surface area contributed by atoms with Crippen molar-refractivity contribution in [2.75, 3.05) is 13.2 Å². The maximum Gasteiger partial charge on any atom is 0.407 e. The maximum atomic E-state index is 10.9. The number of amides is 2. The summed E-state index contributed by atoms with van der Waals surface area (Å²) >= 11 is 0. The number of nitrogens with one attached hydrogen (secondary N) is 1. The molecule has 0 fully saturated rings. The Balaban J connectivity index is 3.33. The van der Waals surface area contributed by atoms with Crippen LogP contribution in [0.3, 0.4) is 0 Å². The zero-order chi connectivity index (χ0) is 12.2. The van der Waals surface area contributed by atoms with Crippen LogP contribution >= 0.6 is 0 Å². The number of rotatable bonds is 8. The van der Waals surface area contributed by atoms with E-state index in [0.717, 1.165) is 6.42 Å². The highest BCUT2D eigenvalue weighted by atomic mass is 16.5. The molecule has 0 aliphatic carbocycles. The fourth-order valence-electron chi connectivity index (χ4n) is 0.988. The number of allylic oxidation sites excluding steroid dienone is 1. The molecule has 0 aromatic heterocycles. The lowest BCUT2D eigenvalue weighted by atomic mass is 10.2. The van der Waals surface area contributed by atoms with Crippen LogP contribution in [0, 0.1) is 0 Å². The summed E-state index contributed by atoms with van der Waals surface area (Å²) in [6.07, 6.45) is 7.55. The summed E-state index contributed by atoms with van der Waals surface area (Å²) in [6.45, 7) is 2.26. The molecule has 0 rings (SSSR count). The highest BCUT2D eigenvalue weighted by Crippen LogP contribution is 1.96. The Hall–Kier alpha value is -1.52. The van der Waals surface area contributed by atoms with Gasteiger partial charge in [0.2, 0.25) is 5.91 Å². The first-order valence-electron chi connectivity index (χ1n) is 5.50. The Labute approximate surface area is 96.0 Å². The molecule has 2 amide bonds. The van der Waals surface area contributed by atoms with Gasteiger partial charge in [-0.2, -0.15) is 0 Å². The normalized spacial score (nSPS) is 10.3. The summed E-state index contributed by atoms with van der Waals surface area (Å²) in [4.78, 5) is 21.2. The number of primary amides is 1. The molecule has 3 N–H and O–H groups in total. The average Bonchev–Trinajstić information content (AvgIpc) is 2.25. The first-order valence-corrected chi connectivity index (χ1v) is 5.50.